The molecule has 3 rings (SSSR count). The van der Waals surface area contributed by atoms with Crippen molar-refractivity contribution in [2.24, 2.45) is 0 Å². The van der Waals surface area contributed by atoms with Gasteiger partial charge in [0.25, 0.3) is 0 Å². The van der Waals surface area contributed by atoms with Gasteiger partial charge in [0, 0.05) is 45.0 Å². The SMILES string of the molecule is Cc1ccnc(N(C)C[C@@H]2C[C@H](F)CN2Cc2noc(C)n2)n1. The van der Waals surface area contributed by atoms with Gasteiger partial charge in [-0.1, -0.05) is 5.16 Å². The van der Waals surface area contributed by atoms with Crippen LogP contribution in [0.25, 0.3) is 0 Å². The fourth-order valence-electron chi connectivity index (χ4n) is 2.91. The minimum atomic E-state index is -0.833. The Labute approximate surface area is 134 Å². The number of rotatable bonds is 5. The summed E-state index contributed by atoms with van der Waals surface area (Å²) in [7, 11) is 1.93. The highest BCUT2D eigenvalue weighted by atomic mass is 19.1. The predicted molar refractivity (Wildman–Crippen MR) is 82.8 cm³/mol. The number of aryl methyl sites for hydroxylation is 2. The van der Waals surface area contributed by atoms with Crippen LogP contribution in [0.2, 0.25) is 0 Å². The maximum atomic E-state index is 13.9. The van der Waals surface area contributed by atoms with E-state index >= 15 is 0 Å². The third-order valence-electron chi connectivity index (χ3n) is 4.00. The van der Waals surface area contributed by atoms with Gasteiger partial charge < -0.3 is 9.42 Å². The van der Waals surface area contributed by atoms with E-state index in [0.717, 1.165) is 5.69 Å². The van der Waals surface area contributed by atoms with E-state index in [0.29, 0.717) is 43.7 Å². The van der Waals surface area contributed by atoms with Gasteiger partial charge in [-0.15, -0.1) is 0 Å². The average Bonchev–Trinajstić information content (AvgIpc) is 3.05. The Morgan fingerprint density at radius 2 is 2.22 bits per heavy atom. The maximum absolute atomic E-state index is 13.9. The number of hydrogen-bond donors (Lipinski definition) is 0. The fraction of sp³-hybridized carbons (Fsp3) is 0.600. The summed E-state index contributed by atoms with van der Waals surface area (Å²) in [5.41, 5.74) is 0.913. The third-order valence-corrected chi connectivity index (χ3v) is 4.00. The van der Waals surface area contributed by atoms with Gasteiger partial charge in [0.05, 0.1) is 6.54 Å². The van der Waals surface area contributed by atoms with Gasteiger partial charge in [0.2, 0.25) is 11.8 Å². The first-order valence-electron chi connectivity index (χ1n) is 7.69. The summed E-state index contributed by atoms with van der Waals surface area (Å²) in [5.74, 6) is 1.77. The third kappa shape index (κ3) is 3.82. The lowest BCUT2D eigenvalue weighted by atomic mass is 10.2. The number of anilines is 1. The van der Waals surface area contributed by atoms with Gasteiger partial charge >= 0.3 is 0 Å². The van der Waals surface area contributed by atoms with Crippen LogP contribution in [0.3, 0.4) is 0 Å². The highest BCUT2D eigenvalue weighted by Crippen LogP contribution is 2.23. The summed E-state index contributed by atoms with van der Waals surface area (Å²) in [6, 6.07) is 1.92. The smallest absolute Gasteiger partial charge is 0.225 e. The quantitative estimate of drug-likeness (QED) is 0.827. The van der Waals surface area contributed by atoms with Gasteiger partial charge in [-0.3, -0.25) is 4.90 Å². The molecule has 2 atom stereocenters. The molecule has 1 fully saturated rings. The normalized spacial score (nSPS) is 21.7. The second-order valence-corrected chi connectivity index (χ2v) is 6.02. The van der Waals surface area contributed by atoms with Gasteiger partial charge in [-0.05, 0) is 19.4 Å². The molecule has 23 heavy (non-hydrogen) atoms. The average molecular weight is 320 g/mol. The van der Waals surface area contributed by atoms with Gasteiger partial charge in [-0.2, -0.15) is 4.98 Å². The van der Waals surface area contributed by atoms with Crippen molar-refractivity contribution in [2.45, 2.75) is 39.0 Å². The van der Waals surface area contributed by atoms with Crippen molar-refractivity contribution in [3.05, 3.63) is 29.7 Å². The molecule has 0 N–H and O–H groups in total. The van der Waals surface area contributed by atoms with E-state index in [1.54, 1.807) is 13.1 Å². The first-order chi connectivity index (χ1) is 11.0. The van der Waals surface area contributed by atoms with Crippen LogP contribution in [-0.2, 0) is 6.54 Å². The standard InChI is InChI=1S/C15H21FN6O/c1-10-4-5-17-15(18-10)21(3)8-13-6-12(16)7-22(13)9-14-19-11(2)23-20-14/h4-5,12-13H,6-9H2,1-3H3/t12-,13-/m0/s1. The molecule has 1 aliphatic heterocycles. The molecule has 124 valence electrons. The van der Waals surface area contributed by atoms with Crippen LogP contribution in [0, 0.1) is 13.8 Å². The van der Waals surface area contributed by atoms with Crippen molar-refractivity contribution in [1.82, 2.24) is 25.0 Å². The molecule has 7 nitrogen and oxygen atoms in total. The molecule has 2 aromatic rings. The summed E-state index contributed by atoms with van der Waals surface area (Å²) in [6.45, 7) is 5.21. The zero-order valence-electron chi connectivity index (χ0n) is 13.6. The van der Waals surface area contributed by atoms with E-state index in [4.69, 9.17) is 4.52 Å². The van der Waals surface area contributed by atoms with Crippen LogP contribution in [0.15, 0.2) is 16.8 Å². The molecule has 0 amide bonds. The highest BCUT2D eigenvalue weighted by Gasteiger charge is 2.33. The summed E-state index contributed by atoms with van der Waals surface area (Å²) < 4.78 is 18.9. The molecular formula is C15H21FN6O. The summed E-state index contributed by atoms with van der Waals surface area (Å²) >= 11 is 0. The minimum Gasteiger partial charge on any atom is -0.342 e. The van der Waals surface area contributed by atoms with Crippen LogP contribution in [0.5, 0.6) is 0 Å². The summed E-state index contributed by atoms with van der Waals surface area (Å²) in [6.07, 6.45) is 1.40. The molecule has 0 aliphatic carbocycles. The Morgan fingerprint density at radius 3 is 2.91 bits per heavy atom. The molecule has 3 heterocycles. The van der Waals surface area contributed by atoms with E-state index < -0.39 is 6.17 Å². The molecule has 0 bridgehead atoms. The Bertz CT molecular complexity index is 663. The number of likely N-dealkylation sites (tertiary alicyclic amines) is 1. The molecule has 0 unspecified atom stereocenters. The second-order valence-electron chi connectivity index (χ2n) is 6.02. The highest BCUT2D eigenvalue weighted by molar-refractivity contribution is 5.29. The molecule has 0 radical (unpaired) electrons. The molecule has 0 saturated carbocycles. The Hall–Kier alpha value is -2.09. The van der Waals surface area contributed by atoms with E-state index in [9.17, 15) is 4.39 Å². The van der Waals surface area contributed by atoms with Crippen LogP contribution in [-0.4, -0.2) is 57.4 Å². The van der Waals surface area contributed by atoms with Gasteiger partial charge in [0.1, 0.15) is 6.17 Å². The van der Waals surface area contributed by atoms with E-state index in [1.807, 2.05) is 24.9 Å². The number of halogens is 1. The van der Waals surface area contributed by atoms with Crippen LogP contribution >= 0.6 is 0 Å². The first-order valence-corrected chi connectivity index (χ1v) is 7.69. The molecule has 1 saturated heterocycles. The van der Waals surface area contributed by atoms with Crippen molar-refractivity contribution >= 4 is 5.95 Å². The van der Waals surface area contributed by atoms with Crippen molar-refractivity contribution in [1.29, 1.82) is 0 Å². The van der Waals surface area contributed by atoms with Crippen LogP contribution < -0.4 is 4.90 Å². The number of hydrogen-bond acceptors (Lipinski definition) is 7. The first kappa shape index (κ1) is 15.8. The van der Waals surface area contributed by atoms with Gasteiger partial charge in [0.15, 0.2) is 5.82 Å². The lowest BCUT2D eigenvalue weighted by molar-refractivity contribution is 0.228. The molecule has 1 aliphatic rings. The molecule has 8 heteroatoms. The predicted octanol–water partition coefficient (Wildman–Crippen LogP) is 1.53. The summed E-state index contributed by atoms with van der Waals surface area (Å²) in [5, 5.41) is 3.90. The van der Waals surface area contributed by atoms with Crippen molar-refractivity contribution in [2.75, 3.05) is 25.0 Å². The fourth-order valence-corrected chi connectivity index (χ4v) is 2.91. The topological polar surface area (TPSA) is 71.2 Å². The largest absolute Gasteiger partial charge is 0.342 e. The molecule has 0 spiro atoms. The molecule has 0 aromatic carbocycles. The minimum absolute atomic E-state index is 0.0675. The lowest BCUT2D eigenvalue weighted by Crippen LogP contribution is -2.39. The summed E-state index contributed by atoms with van der Waals surface area (Å²) in [4.78, 5) is 16.9. The Kier molecular flexibility index (Phi) is 4.51. The zero-order valence-corrected chi connectivity index (χ0v) is 13.6. The van der Waals surface area contributed by atoms with E-state index in [1.165, 1.54) is 0 Å². The number of alkyl halides is 1. The van der Waals surface area contributed by atoms with Crippen molar-refractivity contribution < 1.29 is 8.91 Å². The van der Waals surface area contributed by atoms with E-state index in [-0.39, 0.29) is 6.04 Å². The van der Waals surface area contributed by atoms with E-state index in [2.05, 4.69) is 25.0 Å². The Balaban J connectivity index is 1.67. The molecule has 2 aromatic heterocycles. The van der Waals surface area contributed by atoms with Crippen LogP contribution in [0.1, 0.15) is 23.8 Å². The van der Waals surface area contributed by atoms with Crippen molar-refractivity contribution in [3.8, 4) is 0 Å². The van der Waals surface area contributed by atoms with Crippen molar-refractivity contribution in [3.63, 3.8) is 0 Å². The second kappa shape index (κ2) is 6.57. The van der Waals surface area contributed by atoms with Gasteiger partial charge in [-0.25, -0.2) is 14.4 Å². The number of nitrogens with zero attached hydrogens (tertiary/aromatic N) is 6. The molecular weight excluding hydrogens is 299 g/mol. The zero-order chi connectivity index (χ0) is 16.4. The maximum Gasteiger partial charge on any atom is 0.225 e. The monoisotopic (exact) mass is 320 g/mol. The van der Waals surface area contributed by atoms with Crippen LogP contribution in [0.4, 0.5) is 10.3 Å². The Morgan fingerprint density at radius 1 is 1.39 bits per heavy atom. The number of likely N-dealkylation sites (N-methyl/N-ethyl adjacent to an activating group) is 1. The number of aromatic nitrogens is 4. The lowest BCUT2D eigenvalue weighted by Gasteiger charge is -2.27.